The van der Waals surface area contributed by atoms with Crippen molar-refractivity contribution in [2.45, 2.75) is 19.8 Å². The minimum Gasteiger partial charge on any atom is -0.454 e. The molecule has 0 aliphatic rings. The van der Waals surface area contributed by atoms with Crippen LogP contribution in [0.4, 0.5) is 5.69 Å². The Balaban J connectivity index is 1.54. The summed E-state index contributed by atoms with van der Waals surface area (Å²) in [5, 5.41) is 2.76. The van der Waals surface area contributed by atoms with Crippen molar-refractivity contribution in [2.75, 3.05) is 11.9 Å². The van der Waals surface area contributed by atoms with Gasteiger partial charge in [-0.05, 0) is 53.9 Å². The molecule has 1 amide bonds. The molecule has 30 heavy (non-hydrogen) atoms. The topological polar surface area (TPSA) is 72.5 Å². The Hall–Kier alpha value is -3.73. The van der Waals surface area contributed by atoms with Crippen molar-refractivity contribution >= 4 is 23.3 Å². The molecule has 0 unspecified atom stereocenters. The van der Waals surface area contributed by atoms with Crippen LogP contribution in [0.15, 0.2) is 78.9 Å². The van der Waals surface area contributed by atoms with Crippen LogP contribution in [0.2, 0.25) is 0 Å². The van der Waals surface area contributed by atoms with E-state index in [0.29, 0.717) is 23.2 Å². The van der Waals surface area contributed by atoms with Crippen LogP contribution >= 0.6 is 0 Å². The number of benzene rings is 3. The number of amides is 1. The van der Waals surface area contributed by atoms with Crippen molar-refractivity contribution in [1.29, 1.82) is 0 Å². The Morgan fingerprint density at radius 1 is 0.767 bits per heavy atom. The zero-order valence-corrected chi connectivity index (χ0v) is 16.8. The molecule has 0 bridgehead atoms. The summed E-state index contributed by atoms with van der Waals surface area (Å²) in [7, 11) is 0. The minimum atomic E-state index is -0.550. The van der Waals surface area contributed by atoms with E-state index in [1.807, 2.05) is 49.4 Å². The van der Waals surface area contributed by atoms with Gasteiger partial charge in [-0.2, -0.15) is 0 Å². The summed E-state index contributed by atoms with van der Waals surface area (Å²) in [5.74, 6) is -0.925. The quantitative estimate of drug-likeness (QED) is 0.419. The molecule has 3 aromatic carbocycles. The number of rotatable bonds is 8. The maximum absolute atomic E-state index is 12.3. The van der Waals surface area contributed by atoms with Gasteiger partial charge in [0.15, 0.2) is 12.4 Å². The van der Waals surface area contributed by atoms with Crippen molar-refractivity contribution in [3.05, 3.63) is 90.0 Å². The standard InChI is InChI=1S/C25H23NO4/c1-2-6-24(28)26-22-15-13-20(14-16-22)23(27)17-30-25(29)21-11-9-19(10-12-21)18-7-4-3-5-8-18/h3-5,7-16H,2,6,17H2,1H3,(H,26,28). The van der Waals surface area contributed by atoms with Gasteiger partial charge >= 0.3 is 5.97 Å². The van der Waals surface area contributed by atoms with Crippen molar-refractivity contribution in [3.8, 4) is 11.1 Å². The highest BCUT2D eigenvalue weighted by Crippen LogP contribution is 2.19. The second kappa shape index (κ2) is 10.2. The predicted molar refractivity (Wildman–Crippen MR) is 116 cm³/mol. The molecule has 0 aliphatic heterocycles. The Morgan fingerprint density at radius 3 is 2.00 bits per heavy atom. The van der Waals surface area contributed by atoms with Gasteiger partial charge in [0, 0.05) is 17.7 Å². The summed E-state index contributed by atoms with van der Waals surface area (Å²) in [6, 6.07) is 23.4. The number of nitrogens with one attached hydrogen (secondary N) is 1. The molecule has 5 heteroatoms. The average molecular weight is 401 g/mol. The number of ether oxygens (including phenoxy) is 1. The molecule has 0 spiro atoms. The van der Waals surface area contributed by atoms with Crippen LogP contribution < -0.4 is 5.32 Å². The zero-order valence-electron chi connectivity index (χ0n) is 16.8. The summed E-state index contributed by atoms with van der Waals surface area (Å²) in [5.41, 5.74) is 3.48. The van der Waals surface area contributed by atoms with Crippen LogP contribution in [0.1, 0.15) is 40.5 Å². The summed E-state index contributed by atoms with van der Waals surface area (Å²) in [4.78, 5) is 36.1. The molecular formula is C25H23NO4. The van der Waals surface area contributed by atoms with E-state index in [1.54, 1.807) is 36.4 Å². The predicted octanol–water partition coefficient (Wildman–Crippen LogP) is 5.13. The van der Waals surface area contributed by atoms with Crippen LogP contribution in [0.5, 0.6) is 0 Å². The van der Waals surface area contributed by atoms with E-state index in [0.717, 1.165) is 17.5 Å². The fourth-order valence-corrected chi connectivity index (χ4v) is 2.92. The van der Waals surface area contributed by atoms with E-state index in [1.165, 1.54) is 0 Å². The SMILES string of the molecule is CCCC(=O)Nc1ccc(C(=O)COC(=O)c2ccc(-c3ccccc3)cc2)cc1. The molecule has 1 N–H and O–H groups in total. The maximum atomic E-state index is 12.3. The number of carbonyl (C=O) groups is 3. The summed E-state index contributed by atoms with van der Waals surface area (Å²) in [6.45, 7) is 1.58. The Bertz CT molecular complexity index is 1010. The largest absolute Gasteiger partial charge is 0.454 e. The molecule has 3 aromatic rings. The van der Waals surface area contributed by atoms with Crippen LogP contribution in [0.3, 0.4) is 0 Å². The van der Waals surface area contributed by atoms with Crippen molar-refractivity contribution in [1.82, 2.24) is 0 Å². The molecule has 0 atom stereocenters. The molecule has 0 heterocycles. The first-order valence-corrected chi connectivity index (χ1v) is 9.82. The Labute approximate surface area is 175 Å². The smallest absolute Gasteiger partial charge is 0.338 e. The Morgan fingerprint density at radius 2 is 1.37 bits per heavy atom. The molecule has 5 nitrogen and oxygen atoms in total. The lowest BCUT2D eigenvalue weighted by Crippen LogP contribution is -2.14. The van der Waals surface area contributed by atoms with E-state index in [2.05, 4.69) is 5.32 Å². The first-order chi connectivity index (χ1) is 14.6. The molecular weight excluding hydrogens is 378 g/mol. The van der Waals surface area contributed by atoms with Crippen LogP contribution in [-0.2, 0) is 9.53 Å². The van der Waals surface area contributed by atoms with Gasteiger partial charge in [-0.3, -0.25) is 9.59 Å². The third kappa shape index (κ3) is 5.64. The van der Waals surface area contributed by atoms with Gasteiger partial charge in [0.05, 0.1) is 5.56 Å². The van der Waals surface area contributed by atoms with E-state index < -0.39 is 5.97 Å². The van der Waals surface area contributed by atoms with E-state index in [9.17, 15) is 14.4 Å². The monoisotopic (exact) mass is 401 g/mol. The van der Waals surface area contributed by atoms with E-state index >= 15 is 0 Å². The van der Waals surface area contributed by atoms with E-state index in [-0.39, 0.29) is 18.3 Å². The summed E-state index contributed by atoms with van der Waals surface area (Å²) >= 11 is 0. The van der Waals surface area contributed by atoms with Gasteiger partial charge in [0.1, 0.15) is 0 Å². The molecule has 152 valence electrons. The first kappa shape index (κ1) is 21.0. The highest BCUT2D eigenvalue weighted by molar-refractivity contribution is 6.00. The number of esters is 1. The molecule has 0 saturated heterocycles. The molecule has 0 aliphatic carbocycles. The maximum Gasteiger partial charge on any atom is 0.338 e. The minimum absolute atomic E-state index is 0.0659. The van der Waals surface area contributed by atoms with Gasteiger partial charge in [0.25, 0.3) is 0 Å². The van der Waals surface area contributed by atoms with Crippen LogP contribution in [0.25, 0.3) is 11.1 Å². The third-order valence-corrected chi connectivity index (χ3v) is 4.53. The highest BCUT2D eigenvalue weighted by atomic mass is 16.5. The van der Waals surface area contributed by atoms with Crippen LogP contribution in [-0.4, -0.2) is 24.3 Å². The molecule has 0 aromatic heterocycles. The number of hydrogen-bond acceptors (Lipinski definition) is 4. The lowest BCUT2D eigenvalue weighted by Gasteiger charge is -2.07. The van der Waals surface area contributed by atoms with Gasteiger partial charge in [-0.15, -0.1) is 0 Å². The first-order valence-electron chi connectivity index (χ1n) is 9.82. The third-order valence-electron chi connectivity index (χ3n) is 4.53. The second-order valence-corrected chi connectivity index (χ2v) is 6.82. The second-order valence-electron chi connectivity index (χ2n) is 6.82. The molecule has 0 radical (unpaired) electrons. The Kier molecular flexibility index (Phi) is 7.11. The summed E-state index contributed by atoms with van der Waals surface area (Å²) < 4.78 is 5.16. The highest BCUT2D eigenvalue weighted by Gasteiger charge is 2.12. The number of hydrogen-bond donors (Lipinski definition) is 1. The number of Topliss-reactive ketones (excluding diaryl/α,β-unsaturated/α-hetero) is 1. The van der Waals surface area contributed by atoms with Gasteiger partial charge in [0.2, 0.25) is 5.91 Å². The van der Waals surface area contributed by atoms with Gasteiger partial charge < -0.3 is 10.1 Å². The zero-order chi connectivity index (χ0) is 21.3. The number of ketones is 1. The summed E-state index contributed by atoms with van der Waals surface area (Å²) in [6.07, 6.45) is 1.21. The van der Waals surface area contributed by atoms with Gasteiger partial charge in [-0.25, -0.2) is 4.79 Å². The molecule has 3 rings (SSSR count). The number of anilines is 1. The van der Waals surface area contributed by atoms with Crippen molar-refractivity contribution in [2.24, 2.45) is 0 Å². The van der Waals surface area contributed by atoms with Crippen molar-refractivity contribution < 1.29 is 19.1 Å². The number of carbonyl (C=O) groups excluding carboxylic acids is 3. The van der Waals surface area contributed by atoms with Crippen molar-refractivity contribution in [3.63, 3.8) is 0 Å². The fourth-order valence-electron chi connectivity index (χ4n) is 2.92. The van der Waals surface area contributed by atoms with Gasteiger partial charge in [-0.1, -0.05) is 49.4 Å². The van der Waals surface area contributed by atoms with E-state index in [4.69, 9.17) is 4.74 Å². The fraction of sp³-hybridized carbons (Fsp3) is 0.160. The average Bonchev–Trinajstić information content (AvgIpc) is 2.78. The lowest BCUT2D eigenvalue weighted by molar-refractivity contribution is -0.116. The lowest BCUT2D eigenvalue weighted by atomic mass is 10.0. The molecule has 0 saturated carbocycles. The molecule has 0 fully saturated rings. The normalized spacial score (nSPS) is 10.3. The van der Waals surface area contributed by atoms with Crippen LogP contribution in [0, 0.1) is 0 Å².